The Kier molecular flexibility index (Phi) is 4.46. The molecule has 3 aromatic heterocycles. The quantitative estimate of drug-likeness (QED) is 0.707. The van der Waals surface area contributed by atoms with Crippen LogP contribution in [0.2, 0.25) is 0 Å². The average molecular weight is 315 g/mol. The van der Waals surface area contributed by atoms with Crippen LogP contribution in [0.1, 0.15) is 35.9 Å². The molecule has 23 heavy (non-hydrogen) atoms. The Morgan fingerprint density at radius 1 is 1.48 bits per heavy atom. The number of unbranched alkanes of at least 4 members (excludes halogenated alkanes) is 1. The van der Waals surface area contributed by atoms with Gasteiger partial charge in [0.25, 0.3) is 5.91 Å². The zero-order chi connectivity index (χ0) is 16.1. The average Bonchev–Trinajstić information content (AvgIpc) is 3.32. The Morgan fingerprint density at radius 2 is 2.39 bits per heavy atom. The fourth-order valence-corrected chi connectivity index (χ4v) is 2.24. The van der Waals surface area contributed by atoms with E-state index in [2.05, 4.69) is 32.6 Å². The van der Waals surface area contributed by atoms with Gasteiger partial charge in [0.05, 0.1) is 19.0 Å². The highest BCUT2D eigenvalue weighted by Crippen LogP contribution is 2.15. The van der Waals surface area contributed by atoms with E-state index in [1.807, 2.05) is 12.1 Å². The maximum Gasteiger partial charge on any atom is 0.259 e. The van der Waals surface area contributed by atoms with Gasteiger partial charge < -0.3 is 9.32 Å². The zero-order valence-corrected chi connectivity index (χ0v) is 12.7. The number of rotatable bonds is 7. The predicted molar refractivity (Wildman–Crippen MR) is 79.7 cm³/mol. The number of H-pyrrole nitrogens is 1. The third-order valence-electron chi connectivity index (χ3n) is 3.42. The number of carbonyl (C=O) groups excluding carboxylic acids is 1. The van der Waals surface area contributed by atoms with Crippen LogP contribution < -0.4 is 0 Å². The van der Waals surface area contributed by atoms with Gasteiger partial charge in [-0.2, -0.15) is 9.78 Å². The normalized spacial score (nSPS) is 10.8. The van der Waals surface area contributed by atoms with Crippen molar-refractivity contribution < 1.29 is 9.21 Å². The second-order valence-electron chi connectivity index (χ2n) is 5.05. The van der Waals surface area contributed by atoms with E-state index < -0.39 is 0 Å². The van der Waals surface area contributed by atoms with Crippen molar-refractivity contribution in [1.82, 2.24) is 35.3 Å². The summed E-state index contributed by atoms with van der Waals surface area (Å²) in [7, 11) is 0. The number of aromatic nitrogens is 6. The third-order valence-corrected chi connectivity index (χ3v) is 3.42. The Bertz CT molecular complexity index is 733. The highest BCUT2D eigenvalue weighted by molar-refractivity contribution is 5.96. The molecule has 1 amide bonds. The number of hydrogen-bond donors (Lipinski definition) is 1. The molecule has 0 saturated carbocycles. The zero-order valence-electron chi connectivity index (χ0n) is 12.7. The molecule has 3 heterocycles. The number of furan rings is 1. The van der Waals surface area contributed by atoms with Crippen LogP contribution in [0.25, 0.3) is 5.82 Å². The summed E-state index contributed by atoms with van der Waals surface area (Å²) in [6.45, 7) is 3.13. The molecular weight excluding hydrogens is 298 g/mol. The molecule has 0 radical (unpaired) electrons. The molecule has 3 rings (SSSR count). The second kappa shape index (κ2) is 6.86. The summed E-state index contributed by atoms with van der Waals surface area (Å²) < 4.78 is 6.74. The van der Waals surface area contributed by atoms with Crippen molar-refractivity contribution in [3.8, 4) is 5.82 Å². The van der Waals surface area contributed by atoms with Crippen molar-refractivity contribution >= 4 is 5.91 Å². The number of nitrogens with one attached hydrogen (secondary N) is 1. The van der Waals surface area contributed by atoms with Gasteiger partial charge in [-0.3, -0.25) is 9.89 Å². The van der Waals surface area contributed by atoms with Gasteiger partial charge in [0.15, 0.2) is 5.82 Å². The predicted octanol–water partition coefficient (Wildman–Crippen LogP) is 1.42. The van der Waals surface area contributed by atoms with E-state index >= 15 is 0 Å². The van der Waals surface area contributed by atoms with Gasteiger partial charge in [0, 0.05) is 6.54 Å². The maximum absolute atomic E-state index is 12.9. The van der Waals surface area contributed by atoms with Gasteiger partial charge in [0.2, 0.25) is 0 Å². The van der Waals surface area contributed by atoms with Crippen LogP contribution in [0.5, 0.6) is 0 Å². The lowest BCUT2D eigenvalue weighted by Crippen LogP contribution is -2.32. The molecule has 0 aliphatic carbocycles. The molecule has 9 nitrogen and oxygen atoms in total. The summed E-state index contributed by atoms with van der Waals surface area (Å²) in [5.74, 6) is 1.04. The second-order valence-corrected chi connectivity index (χ2v) is 5.05. The number of aromatic amines is 1. The van der Waals surface area contributed by atoms with Crippen LogP contribution in [0.15, 0.2) is 35.3 Å². The van der Waals surface area contributed by atoms with Gasteiger partial charge >= 0.3 is 0 Å². The van der Waals surface area contributed by atoms with E-state index in [0.29, 0.717) is 24.5 Å². The smallest absolute Gasteiger partial charge is 0.259 e. The van der Waals surface area contributed by atoms with E-state index in [9.17, 15) is 4.79 Å². The summed E-state index contributed by atoms with van der Waals surface area (Å²) >= 11 is 0. The minimum absolute atomic E-state index is 0.144. The van der Waals surface area contributed by atoms with Crippen molar-refractivity contribution in [2.45, 2.75) is 26.3 Å². The molecule has 0 fully saturated rings. The van der Waals surface area contributed by atoms with Crippen molar-refractivity contribution in [1.29, 1.82) is 0 Å². The van der Waals surface area contributed by atoms with E-state index in [4.69, 9.17) is 4.42 Å². The highest BCUT2D eigenvalue weighted by atomic mass is 16.3. The number of carbonyl (C=O) groups is 1. The van der Waals surface area contributed by atoms with Gasteiger partial charge in [-0.25, -0.2) is 0 Å². The summed E-state index contributed by atoms with van der Waals surface area (Å²) in [6.07, 6.45) is 6.40. The molecular formula is C14H17N7O2. The maximum atomic E-state index is 12.9. The third kappa shape index (κ3) is 3.28. The standard InChI is InChI=1S/C14H17N7O2/c1-2-3-6-20(9-11-5-4-7-23-11)14(22)12-8-15-17-13(12)21-10-16-18-19-21/h4-5,7-8,10H,2-3,6,9H2,1H3,(H,15,17). The van der Waals surface area contributed by atoms with Crippen LogP contribution in [0.4, 0.5) is 0 Å². The van der Waals surface area contributed by atoms with Crippen LogP contribution in [0, 0.1) is 0 Å². The van der Waals surface area contributed by atoms with E-state index in [0.717, 1.165) is 18.6 Å². The van der Waals surface area contributed by atoms with Crippen LogP contribution in [0.3, 0.4) is 0 Å². The number of hydrogen-bond acceptors (Lipinski definition) is 6. The molecule has 0 aliphatic heterocycles. The first-order valence-corrected chi connectivity index (χ1v) is 7.38. The fourth-order valence-electron chi connectivity index (χ4n) is 2.24. The first kappa shape index (κ1) is 14.9. The van der Waals surface area contributed by atoms with E-state index in [-0.39, 0.29) is 5.91 Å². The highest BCUT2D eigenvalue weighted by Gasteiger charge is 2.22. The van der Waals surface area contributed by atoms with Crippen molar-refractivity contribution in [2.24, 2.45) is 0 Å². The molecule has 0 atom stereocenters. The van der Waals surface area contributed by atoms with E-state index in [1.54, 1.807) is 11.2 Å². The van der Waals surface area contributed by atoms with Crippen LogP contribution >= 0.6 is 0 Å². The van der Waals surface area contributed by atoms with Gasteiger partial charge in [-0.05, 0) is 29.0 Å². The van der Waals surface area contributed by atoms with Gasteiger partial charge in [0.1, 0.15) is 17.7 Å². The molecule has 0 saturated heterocycles. The minimum Gasteiger partial charge on any atom is -0.467 e. The SMILES string of the molecule is CCCCN(Cc1ccco1)C(=O)c1cn[nH]c1-n1cnnn1. The lowest BCUT2D eigenvalue weighted by molar-refractivity contribution is 0.0729. The summed E-state index contributed by atoms with van der Waals surface area (Å²) in [6, 6.07) is 3.66. The summed E-state index contributed by atoms with van der Waals surface area (Å²) in [5.41, 5.74) is 0.417. The van der Waals surface area contributed by atoms with E-state index in [1.165, 1.54) is 17.2 Å². The lowest BCUT2D eigenvalue weighted by atomic mass is 10.2. The first-order valence-electron chi connectivity index (χ1n) is 7.38. The Labute approximate surface area is 132 Å². The fraction of sp³-hybridized carbons (Fsp3) is 0.357. The molecule has 3 aromatic rings. The molecule has 1 N–H and O–H groups in total. The monoisotopic (exact) mass is 315 g/mol. The lowest BCUT2D eigenvalue weighted by Gasteiger charge is -2.21. The summed E-state index contributed by atoms with van der Waals surface area (Å²) in [5, 5.41) is 17.7. The van der Waals surface area contributed by atoms with Gasteiger partial charge in [-0.1, -0.05) is 13.3 Å². The first-order chi connectivity index (χ1) is 11.3. The van der Waals surface area contributed by atoms with Crippen LogP contribution in [-0.4, -0.2) is 47.8 Å². The largest absolute Gasteiger partial charge is 0.467 e. The van der Waals surface area contributed by atoms with Crippen molar-refractivity contribution in [2.75, 3.05) is 6.54 Å². The Balaban J connectivity index is 1.84. The summed E-state index contributed by atoms with van der Waals surface area (Å²) in [4.78, 5) is 14.6. The Hall–Kier alpha value is -2.97. The molecule has 0 bridgehead atoms. The number of tetrazole rings is 1. The van der Waals surface area contributed by atoms with Crippen molar-refractivity contribution in [3.63, 3.8) is 0 Å². The van der Waals surface area contributed by atoms with Crippen molar-refractivity contribution in [3.05, 3.63) is 42.2 Å². The van der Waals surface area contributed by atoms with Crippen LogP contribution in [-0.2, 0) is 6.54 Å². The molecule has 0 aromatic carbocycles. The molecule has 0 spiro atoms. The Morgan fingerprint density at radius 3 is 3.09 bits per heavy atom. The van der Waals surface area contributed by atoms with Gasteiger partial charge in [-0.15, -0.1) is 5.10 Å². The molecule has 0 unspecified atom stereocenters. The molecule has 9 heteroatoms. The minimum atomic E-state index is -0.144. The molecule has 0 aliphatic rings. The number of amides is 1. The topological polar surface area (TPSA) is 106 Å². The number of nitrogens with zero attached hydrogens (tertiary/aromatic N) is 6. The molecule has 120 valence electrons.